The number of rotatable bonds is 4. The first-order valence-electron chi connectivity index (χ1n) is 8.88. The predicted molar refractivity (Wildman–Crippen MR) is 116 cm³/mol. The Kier molecular flexibility index (Phi) is 4.56. The van der Waals surface area contributed by atoms with E-state index in [1.54, 1.807) is 43.5 Å². The van der Waals surface area contributed by atoms with E-state index in [9.17, 15) is 8.42 Å². The quantitative estimate of drug-likeness (QED) is 0.275. The standard InChI is InChI=1S/C21H19N5O2S/c1-14(24-25-21(22)23)18-13-26(19-11-5-4-10-17(18)19)29(27,28)20-12-6-8-15-7-2-3-9-16(15)20/h2-13H,1H3,(H4,22,23,25)/b24-14-. The number of para-hydroxylation sites is 1. The second kappa shape index (κ2) is 7.06. The van der Waals surface area contributed by atoms with E-state index in [0.29, 0.717) is 22.2 Å². The van der Waals surface area contributed by atoms with Crippen LogP contribution in [-0.4, -0.2) is 24.1 Å². The summed E-state index contributed by atoms with van der Waals surface area (Å²) >= 11 is 0. The van der Waals surface area contributed by atoms with Gasteiger partial charge in [-0.15, -0.1) is 0 Å². The molecule has 0 spiro atoms. The molecular weight excluding hydrogens is 386 g/mol. The molecule has 4 aromatic rings. The van der Waals surface area contributed by atoms with Crippen LogP contribution in [0.3, 0.4) is 0 Å². The zero-order chi connectivity index (χ0) is 20.6. The first kappa shape index (κ1) is 18.7. The van der Waals surface area contributed by atoms with Gasteiger partial charge in [-0.3, -0.25) is 5.41 Å². The average Bonchev–Trinajstić information content (AvgIpc) is 3.12. The van der Waals surface area contributed by atoms with Crippen LogP contribution in [0, 0.1) is 5.41 Å². The number of hydrazone groups is 1. The van der Waals surface area contributed by atoms with Crippen LogP contribution in [0.2, 0.25) is 0 Å². The molecule has 1 aromatic heterocycles. The largest absolute Gasteiger partial charge is 0.369 e. The van der Waals surface area contributed by atoms with Gasteiger partial charge in [0.05, 0.1) is 16.1 Å². The Hall–Kier alpha value is -3.65. The smallest absolute Gasteiger partial charge is 0.268 e. The first-order valence-corrected chi connectivity index (χ1v) is 10.3. The Balaban J connectivity index is 1.96. The highest BCUT2D eigenvalue weighted by Crippen LogP contribution is 2.30. The number of nitrogens with zero attached hydrogens (tertiary/aromatic N) is 2. The summed E-state index contributed by atoms with van der Waals surface area (Å²) in [5.41, 5.74) is 9.40. The lowest BCUT2D eigenvalue weighted by molar-refractivity contribution is 0.590. The summed E-state index contributed by atoms with van der Waals surface area (Å²) in [6.07, 6.45) is 1.56. The Morgan fingerprint density at radius 3 is 2.41 bits per heavy atom. The number of aromatic nitrogens is 1. The normalized spacial score (nSPS) is 12.4. The lowest BCUT2D eigenvalue weighted by Gasteiger charge is -2.10. The minimum Gasteiger partial charge on any atom is -0.369 e. The SMILES string of the molecule is C/C(=N/NC(=N)N)c1cn(S(=O)(=O)c2cccc3ccccc23)c2ccccc12. The van der Waals surface area contributed by atoms with E-state index in [1.165, 1.54) is 3.97 Å². The fourth-order valence-electron chi connectivity index (χ4n) is 3.37. The van der Waals surface area contributed by atoms with E-state index in [4.69, 9.17) is 11.1 Å². The van der Waals surface area contributed by atoms with Gasteiger partial charge in [0.2, 0.25) is 5.96 Å². The number of fused-ring (bicyclic) bond motifs is 2. The fraction of sp³-hybridized carbons (Fsp3) is 0.0476. The van der Waals surface area contributed by atoms with E-state index in [-0.39, 0.29) is 10.9 Å². The lowest BCUT2D eigenvalue weighted by Crippen LogP contribution is -2.26. The molecule has 0 unspecified atom stereocenters. The molecule has 0 aliphatic rings. The third-order valence-electron chi connectivity index (χ3n) is 4.70. The molecule has 4 N–H and O–H groups in total. The third kappa shape index (κ3) is 3.23. The van der Waals surface area contributed by atoms with Gasteiger partial charge in [0.1, 0.15) is 0 Å². The molecule has 0 bridgehead atoms. The van der Waals surface area contributed by atoms with Gasteiger partial charge in [0.15, 0.2) is 0 Å². The molecule has 3 aromatic carbocycles. The highest BCUT2D eigenvalue weighted by Gasteiger charge is 2.23. The minimum absolute atomic E-state index is 0.236. The number of hydrogen-bond donors (Lipinski definition) is 3. The van der Waals surface area contributed by atoms with Gasteiger partial charge in [0.25, 0.3) is 10.0 Å². The molecule has 8 heteroatoms. The molecule has 4 rings (SSSR count). The van der Waals surface area contributed by atoms with Crippen LogP contribution in [0.4, 0.5) is 0 Å². The number of guanidine groups is 1. The Morgan fingerprint density at radius 2 is 1.66 bits per heavy atom. The van der Waals surface area contributed by atoms with Gasteiger partial charge in [-0.25, -0.2) is 17.8 Å². The maximum absolute atomic E-state index is 13.6. The Bertz CT molecular complexity index is 1380. The summed E-state index contributed by atoms with van der Waals surface area (Å²) in [4.78, 5) is 0.236. The van der Waals surface area contributed by atoms with Crippen LogP contribution >= 0.6 is 0 Å². The molecule has 146 valence electrons. The van der Waals surface area contributed by atoms with Gasteiger partial charge in [-0.2, -0.15) is 5.10 Å². The Morgan fingerprint density at radius 1 is 1.00 bits per heavy atom. The summed E-state index contributed by atoms with van der Waals surface area (Å²) in [5, 5.41) is 13.6. The lowest BCUT2D eigenvalue weighted by atomic mass is 10.1. The van der Waals surface area contributed by atoms with E-state index in [2.05, 4.69) is 10.5 Å². The summed E-state index contributed by atoms with van der Waals surface area (Å²) in [6.45, 7) is 1.73. The van der Waals surface area contributed by atoms with Crippen LogP contribution < -0.4 is 11.2 Å². The molecule has 7 nitrogen and oxygen atoms in total. The molecule has 0 saturated heterocycles. The molecule has 0 aliphatic heterocycles. The molecule has 1 heterocycles. The van der Waals surface area contributed by atoms with Gasteiger partial charge in [-0.05, 0) is 24.4 Å². The monoisotopic (exact) mass is 405 g/mol. The van der Waals surface area contributed by atoms with Crippen LogP contribution in [-0.2, 0) is 10.0 Å². The molecule has 0 aliphatic carbocycles. The van der Waals surface area contributed by atoms with E-state index >= 15 is 0 Å². The zero-order valence-electron chi connectivity index (χ0n) is 15.6. The maximum Gasteiger partial charge on any atom is 0.268 e. The van der Waals surface area contributed by atoms with E-state index < -0.39 is 10.0 Å². The number of hydrogen-bond acceptors (Lipinski definition) is 4. The van der Waals surface area contributed by atoms with E-state index in [0.717, 1.165) is 10.8 Å². The molecule has 0 fully saturated rings. The van der Waals surface area contributed by atoms with Crippen molar-refractivity contribution in [3.05, 3.63) is 78.5 Å². The second-order valence-corrected chi connectivity index (χ2v) is 8.34. The van der Waals surface area contributed by atoms with Crippen molar-refractivity contribution in [2.45, 2.75) is 11.8 Å². The van der Waals surface area contributed by atoms with Crippen molar-refractivity contribution < 1.29 is 8.42 Å². The van der Waals surface area contributed by atoms with Gasteiger partial charge in [-0.1, -0.05) is 54.6 Å². The first-order chi connectivity index (χ1) is 13.9. The molecule has 0 saturated carbocycles. The van der Waals surface area contributed by atoms with Crippen molar-refractivity contribution in [1.82, 2.24) is 9.40 Å². The van der Waals surface area contributed by atoms with Gasteiger partial charge >= 0.3 is 0 Å². The maximum atomic E-state index is 13.6. The van der Waals surface area contributed by atoms with Crippen LogP contribution in [0.15, 0.2) is 82.9 Å². The highest BCUT2D eigenvalue weighted by atomic mass is 32.2. The van der Waals surface area contributed by atoms with Crippen molar-refractivity contribution >= 4 is 43.4 Å². The van der Waals surface area contributed by atoms with Crippen molar-refractivity contribution in [1.29, 1.82) is 5.41 Å². The van der Waals surface area contributed by atoms with Crippen LogP contribution in [0.25, 0.3) is 21.7 Å². The van der Waals surface area contributed by atoms with Crippen molar-refractivity contribution in [3.8, 4) is 0 Å². The Labute approximate surface area is 168 Å². The van der Waals surface area contributed by atoms with Crippen molar-refractivity contribution in [3.63, 3.8) is 0 Å². The topological polar surface area (TPSA) is 113 Å². The highest BCUT2D eigenvalue weighted by molar-refractivity contribution is 7.90. The third-order valence-corrected chi connectivity index (χ3v) is 6.43. The fourth-order valence-corrected chi connectivity index (χ4v) is 4.96. The average molecular weight is 405 g/mol. The summed E-state index contributed by atoms with van der Waals surface area (Å²) in [7, 11) is -3.86. The van der Waals surface area contributed by atoms with Crippen molar-refractivity contribution in [2.24, 2.45) is 10.8 Å². The number of nitrogens with two attached hydrogens (primary N) is 1. The molecular formula is C21H19N5O2S. The summed E-state index contributed by atoms with van der Waals surface area (Å²) < 4.78 is 28.5. The second-order valence-electron chi connectivity index (χ2n) is 6.56. The van der Waals surface area contributed by atoms with Crippen LogP contribution in [0.5, 0.6) is 0 Å². The summed E-state index contributed by atoms with van der Waals surface area (Å²) in [5.74, 6) is -0.295. The van der Waals surface area contributed by atoms with Gasteiger partial charge in [0, 0.05) is 22.5 Å². The summed E-state index contributed by atoms with van der Waals surface area (Å²) in [6, 6.07) is 19.9. The van der Waals surface area contributed by atoms with Gasteiger partial charge < -0.3 is 5.73 Å². The molecule has 0 atom stereocenters. The predicted octanol–water partition coefficient (Wildman–Crippen LogP) is 3.24. The van der Waals surface area contributed by atoms with E-state index in [1.807, 2.05) is 36.4 Å². The minimum atomic E-state index is -3.86. The molecule has 0 amide bonds. The molecule has 29 heavy (non-hydrogen) atoms. The zero-order valence-corrected chi connectivity index (χ0v) is 16.4. The van der Waals surface area contributed by atoms with Crippen molar-refractivity contribution in [2.75, 3.05) is 0 Å². The number of nitrogens with one attached hydrogen (secondary N) is 2. The van der Waals surface area contributed by atoms with Crippen LogP contribution in [0.1, 0.15) is 12.5 Å². The number of benzene rings is 3. The molecule has 0 radical (unpaired) electrons.